The Kier molecular flexibility index (Phi) is 2.26. The third-order valence-corrected chi connectivity index (χ3v) is 3.30. The topological polar surface area (TPSA) is 53.6 Å². The average Bonchev–Trinajstić information content (AvgIpc) is 2.78. The minimum absolute atomic E-state index is 0.735. The van der Waals surface area contributed by atoms with Gasteiger partial charge in [-0.1, -0.05) is 0 Å². The Morgan fingerprint density at radius 3 is 3.20 bits per heavy atom. The van der Waals surface area contributed by atoms with E-state index < -0.39 is 0 Å². The molecule has 5 heteroatoms. The normalized spacial score (nSPS) is 15.7. The summed E-state index contributed by atoms with van der Waals surface area (Å²) in [6.07, 6.45) is 6.20. The Morgan fingerprint density at radius 1 is 1.53 bits per heavy atom. The molecule has 0 radical (unpaired) electrons. The van der Waals surface area contributed by atoms with Crippen LogP contribution in [0, 0.1) is 0 Å². The van der Waals surface area contributed by atoms with Crippen molar-refractivity contribution in [1.82, 2.24) is 20.3 Å². The third kappa shape index (κ3) is 2.08. The molecule has 0 saturated heterocycles. The van der Waals surface area contributed by atoms with E-state index in [0.29, 0.717) is 0 Å². The summed E-state index contributed by atoms with van der Waals surface area (Å²) in [4.78, 5) is 11.8. The van der Waals surface area contributed by atoms with Gasteiger partial charge >= 0.3 is 0 Å². The first-order valence-corrected chi connectivity index (χ1v) is 5.97. The highest BCUT2D eigenvalue weighted by Crippen LogP contribution is 2.22. The molecule has 0 unspecified atom stereocenters. The molecule has 2 aromatic rings. The van der Waals surface area contributed by atoms with Crippen LogP contribution in [0.25, 0.3) is 10.8 Å². The van der Waals surface area contributed by atoms with E-state index >= 15 is 0 Å². The molecule has 3 rings (SSSR count). The van der Waals surface area contributed by atoms with Crippen molar-refractivity contribution < 1.29 is 0 Å². The predicted octanol–water partition coefficient (Wildman–Crippen LogP) is 1.79. The van der Waals surface area contributed by atoms with Crippen LogP contribution in [0.2, 0.25) is 0 Å². The van der Waals surface area contributed by atoms with E-state index in [1.165, 1.54) is 12.8 Å². The van der Waals surface area contributed by atoms with Crippen molar-refractivity contribution in [2.24, 2.45) is 0 Å². The van der Waals surface area contributed by atoms with Crippen molar-refractivity contribution >= 4 is 11.3 Å². The molecule has 1 aliphatic rings. The zero-order chi connectivity index (χ0) is 10.1. The highest BCUT2D eigenvalue weighted by atomic mass is 32.1. The number of aromatic nitrogens is 3. The number of rotatable bonds is 4. The van der Waals surface area contributed by atoms with Crippen LogP contribution in [0.5, 0.6) is 0 Å². The van der Waals surface area contributed by atoms with Gasteiger partial charge in [-0.3, -0.25) is 0 Å². The summed E-state index contributed by atoms with van der Waals surface area (Å²) < 4.78 is 0. The number of hydrogen-bond donors (Lipinski definition) is 2. The van der Waals surface area contributed by atoms with Gasteiger partial charge in [0.25, 0.3) is 0 Å². The second-order valence-electron chi connectivity index (χ2n) is 3.74. The van der Waals surface area contributed by atoms with E-state index in [2.05, 4.69) is 25.6 Å². The molecule has 1 fully saturated rings. The van der Waals surface area contributed by atoms with Crippen LogP contribution in [-0.4, -0.2) is 21.0 Å². The van der Waals surface area contributed by atoms with Crippen molar-refractivity contribution in [1.29, 1.82) is 0 Å². The summed E-state index contributed by atoms with van der Waals surface area (Å²) >= 11 is 1.63. The molecule has 15 heavy (non-hydrogen) atoms. The Balaban J connectivity index is 1.69. The van der Waals surface area contributed by atoms with Gasteiger partial charge in [-0.05, 0) is 12.8 Å². The molecule has 2 heterocycles. The molecule has 0 aromatic carbocycles. The summed E-state index contributed by atoms with van der Waals surface area (Å²) in [5.41, 5.74) is 1.11. The van der Waals surface area contributed by atoms with E-state index in [1.54, 1.807) is 17.5 Å². The molecule has 0 aliphatic heterocycles. The van der Waals surface area contributed by atoms with Crippen LogP contribution in [0.3, 0.4) is 0 Å². The number of imidazole rings is 1. The summed E-state index contributed by atoms with van der Waals surface area (Å²) in [5.74, 6) is 0.859. The summed E-state index contributed by atoms with van der Waals surface area (Å²) in [5, 5.41) is 6.50. The van der Waals surface area contributed by atoms with E-state index in [-0.39, 0.29) is 0 Å². The van der Waals surface area contributed by atoms with Gasteiger partial charge in [-0.25, -0.2) is 9.97 Å². The van der Waals surface area contributed by atoms with Crippen LogP contribution >= 0.6 is 11.3 Å². The van der Waals surface area contributed by atoms with E-state index in [1.807, 2.05) is 6.20 Å². The quantitative estimate of drug-likeness (QED) is 0.826. The zero-order valence-corrected chi connectivity index (χ0v) is 9.05. The number of nitrogens with one attached hydrogen (secondary N) is 2. The molecule has 0 atom stereocenters. The molecule has 0 amide bonds. The predicted molar refractivity (Wildman–Crippen MR) is 59.6 cm³/mol. The molecule has 0 bridgehead atoms. The second-order valence-corrected chi connectivity index (χ2v) is 4.60. The lowest BCUT2D eigenvalue weighted by molar-refractivity contribution is 0.677. The van der Waals surface area contributed by atoms with Crippen LogP contribution in [0.15, 0.2) is 17.8 Å². The highest BCUT2D eigenvalue weighted by Gasteiger charge is 2.20. The Bertz CT molecular complexity index is 430. The molecule has 0 spiro atoms. The Labute approximate surface area is 91.8 Å². The van der Waals surface area contributed by atoms with Gasteiger partial charge in [-0.15, -0.1) is 11.3 Å². The molecule has 4 nitrogen and oxygen atoms in total. The van der Waals surface area contributed by atoms with Crippen molar-refractivity contribution in [2.75, 3.05) is 0 Å². The van der Waals surface area contributed by atoms with Crippen molar-refractivity contribution in [3.8, 4) is 10.8 Å². The Hall–Kier alpha value is -1.20. The van der Waals surface area contributed by atoms with Gasteiger partial charge in [0.15, 0.2) is 10.8 Å². The number of aromatic amines is 1. The average molecular weight is 220 g/mol. The number of nitrogens with zero attached hydrogens (tertiary/aromatic N) is 2. The molecule has 2 aromatic heterocycles. The minimum Gasteiger partial charge on any atom is -0.343 e. The van der Waals surface area contributed by atoms with Gasteiger partial charge in [0.2, 0.25) is 0 Å². The first kappa shape index (κ1) is 9.06. The molecule has 78 valence electrons. The van der Waals surface area contributed by atoms with E-state index in [4.69, 9.17) is 0 Å². The zero-order valence-electron chi connectivity index (χ0n) is 8.23. The van der Waals surface area contributed by atoms with E-state index in [0.717, 1.165) is 29.1 Å². The second kappa shape index (κ2) is 3.75. The van der Waals surface area contributed by atoms with E-state index in [9.17, 15) is 0 Å². The monoisotopic (exact) mass is 220 g/mol. The van der Waals surface area contributed by atoms with Crippen LogP contribution in [-0.2, 0) is 6.54 Å². The van der Waals surface area contributed by atoms with Crippen LogP contribution in [0.4, 0.5) is 0 Å². The molecular formula is C10H12N4S. The lowest BCUT2D eigenvalue weighted by Crippen LogP contribution is -2.15. The first-order chi connectivity index (χ1) is 7.42. The standard InChI is InChI=1S/C10H12N4S/c1-2-7(1)13-5-8-6-15-10(14-8)9-11-3-4-12-9/h3-4,6-7,13H,1-2,5H2,(H,11,12). The fourth-order valence-corrected chi connectivity index (χ4v) is 2.19. The maximum atomic E-state index is 4.51. The highest BCUT2D eigenvalue weighted by molar-refractivity contribution is 7.13. The first-order valence-electron chi connectivity index (χ1n) is 5.09. The van der Waals surface area contributed by atoms with Crippen LogP contribution in [0.1, 0.15) is 18.5 Å². The molecule has 1 aliphatic carbocycles. The molecular weight excluding hydrogens is 208 g/mol. The fraction of sp³-hybridized carbons (Fsp3) is 0.400. The summed E-state index contributed by atoms with van der Waals surface area (Å²) in [6, 6.07) is 0.735. The maximum absolute atomic E-state index is 4.51. The third-order valence-electron chi connectivity index (χ3n) is 2.40. The Morgan fingerprint density at radius 2 is 2.47 bits per heavy atom. The largest absolute Gasteiger partial charge is 0.343 e. The summed E-state index contributed by atoms with van der Waals surface area (Å²) in [6.45, 7) is 0.877. The van der Waals surface area contributed by atoms with Gasteiger partial charge < -0.3 is 10.3 Å². The minimum atomic E-state index is 0.735. The molecule has 1 saturated carbocycles. The van der Waals surface area contributed by atoms with Crippen LogP contribution < -0.4 is 5.32 Å². The lowest BCUT2D eigenvalue weighted by Gasteiger charge is -1.96. The maximum Gasteiger partial charge on any atom is 0.166 e. The number of thiazole rings is 1. The van der Waals surface area contributed by atoms with Crippen molar-refractivity contribution in [2.45, 2.75) is 25.4 Å². The van der Waals surface area contributed by atoms with Gasteiger partial charge in [-0.2, -0.15) is 0 Å². The van der Waals surface area contributed by atoms with Gasteiger partial charge in [0.1, 0.15) is 0 Å². The van der Waals surface area contributed by atoms with Crippen molar-refractivity contribution in [3.05, 3.63) is 23.5 Å². The number of H-pyrrole nitrogens is 1. The molecule has 2 N–H and O–H groups in total. The van der Waals surface area contributed by atoms with Gasteiger partial charge in [0.05, 0.1) is 5.69 Å². The van der Waals surface area contributed by atoms with Gasteiger partial charge in [0, 0.05) is 30.4 Å². The van der Waals surface area contributed by atoms with Crippen molar-refractivity contribution in [3.63, 3.8) is 0 Å². The SMILES string of the molecule is c1c[nH]c(-c2nc(CNC3CC3)cs2)n1. The summed E-state index contributed by atoms with van der Waals surface area (Å²) in [7, 11) is 0. The smallest absolute Gasteiger partial charge is 0.166 e. The lowest BCUT2D eigenvalue weighted by atomic mass is 10.4. The fourth-order valence-electron chi connectivity index (χ4n) is 1.42. The number of hydrogen-bond acceptors (Lipinski definition) is 4.